The first-order chi connectivity index (χ1) is 12.1. The van der Waals surface area contributed by atoms with E-state index in [0.717, 1.165) is 32.7 Å². The second kappa shape index (κ2) is 9.88. The second-order valence-corrected chi connectivity index (χ2v) is 5.85. The van der Waals surface area contributed by atoms with Gasteiger partial charge in [0.1, 0.15) is 0 Å². The van der Waals surface area contributed by atoms with Crippen molar-refractivity contribution in [1.82, 2.24) is 15.1 Å². The van der Waals surface area contributed by atoms with Crippen molar-refractivity contribution in [2.45, 2.75) is 13.3 Å². The van der Waals surface area contributed by atoms with Crippen LogP contribution in [0.15, 0.2) is 24.3 Å². The minimum atomic E-state index is -0.255. The molecule has 7 heteroatoms. The number of benzene rings is 1. The summed E-state index contributed by atoms with van der Waals surface area (Å²) in [5.41, 5.74) is 0. The molecule has 1 aliphatic rings. The van der Waals surface area contributed by atoms with Crippen LogP contribution in [0, 0.1) is 0 Å². The largest absolute Gasteiger partial charge is 0.493 e. The van der Waals surface area contributed by atoms with Gasteiger partial charge in [-0.1, -0.05) is 19.1 Å². The Labute approximate surface area is 148 Å². The van der Waals surface area contributed by atoms with Crippen LogP contribution in [0.2, 0.25) is 0 Å². The number of carbonyl (C=O) groups is 2. The maximum absolute atomic E-state index is 12.1. The van der Waals surface area contributed by atoms with E-state index in [1.807, 2.05) is 17.0 Å². The molecule has 0 aromatic heterocycles. The molecule has 138 valence electrons. The summed E-state index contributed by atoms with van der Waals surface area (Å²) in [4.78, 5) is 28.2. The van der Waals surface area contributed by atoms with E-state index >= 15 is 0 Å². The minimum absolute atomic E-state index is 0.0849. The molecule has 0 aliphatic carbocycles. The number of methoxy groups -OCH3 is 1. The van der Waals surface area contributed by atoms with Crippen LogP contribution >= 0.6 is 0 Å². The van der Waals surface area contributed by atoms with Crippen molar-refractivity contribution in [3.8, 4) is 11.5 Å². The summed E-state index contributed by atoms with van der Waals surface area (Å²) < 4.78 is 10.6. The van der Waals surface area contributed by atoms with Crippen molar-refractivity contribution in [3.63, 3.8) is 0 Å². The van der Waals surface area contributed by atoms with Crippen LogP contribution in [0.4, 0.5) is 0 Å². The average Bonchev–Trinajstić information content (AvgIpc) is 2.66. The van der Waals surface area contributed by atoms with Gasteiger partial charge in [0.2, 0.25) is 5.91 Å². The molecule has 1 fully saturated rings. The van der Waals surface area contributed by atoms with Crippen molar-refractivity contribution in [3.05, 3.63) is 24.3 Å². The van der Waals surface area contributed by atoms with Crippen LogP contribution in [-0.2, 0) is 9.59 Å². The first kappa shape index (κ1) is 19.1. The number of para-hydroxylation sites is 2. The normalized spacial score (nSPS) is 14.9. The molecule has 0 unspecified atom stereocenters. The topological polar surface area (TPSA) is 71.1 Å². The monoisotopic (exact) mass is 349 g/mol. The fourth-order valence-corrected chi connectivity index (χ4v) is 2.71. The molecule has 0 saturated carbocycles. The molecule has 1 aromatic carbocycles. The molecule has 7 nitrogen and oxygen atoms in total. The van der Waals surface area contributed by atoms with E-state index < -0.39 is 0 Å². The number of hydrogen-bond donors (Lipinski definition) is 1. The Morgan fingerprint density at radius 2 is 1.80 bits per heavy atom. The van der Waals surface area contributed by atoms with Gasteiger partial charge < -0.3 is 24.6 Å². The van der Waals surface area contributed by atoms with Gasteiger partial charge in [-0.3, -0.25) is 9.59 Å². The summed E-state index contributed by atoms with van der Waals surface area (Å²) in [6.07, 6.45) is 0.312. The highest BCUT2D eigenvalue weighted by Gasteiger charge is 2.19. The summed E-state index contributed by atoms with van der Waals surface area (Å²) in [5, 5.41) is 2.72. The van der Waals surface area contributed by atoms with E-state index in [1.165, 1.54) is 0 Å². The number of carbonyl (C=O) groups excluding carboxylic acids is 2. The van der Waals surface area contributed by atoms with Gasteiger partial charge in [0.15, 0.2) is 18.1 Å². The standard InChI is InChI=1S/C18H27N3O4/c1-3-20-10-12-21(13-11-20)18(23)8-9-19-17(22)14-25-16-7-5-4-6-15(16)24-2/h4-7H,3,8-14H2,1-2H3,(H,19,22). The highest BCUT2D eigenvalue weighted by atomic mass is 16.5. The van der Waals surface area contributed by atoms with Gasteiger partial charge in [0.05, 0.1) is 7.11 Å². The van der Waals surface area contributed by atoms with Crippen molar-refractivity contribution >= 4 is 11.8 Å². The van der Waals surface area contributed by atoms with Crippen LogP contribution in [0.5, 0.6) is 11.5 Å². The molecule has 1 aliphatic heterocycles. The summed E-state index contributed by atoms with van der Waals surface area (Å²) >= 11 is 0. The highest BCUT2D eigenvalue weighted by Crippen LogP contribution is 2.25. The molecule has 0 spiro atoms. The number of hydrogen-bond acceptors (Lipinski definition) is 5. The van der Waals surface area contributed by atoms with Crippen LogP contribution in [0.25, 0.3) is 0 Å². The van der Waals surface area contributed by atoms with Crippen molar-refractivity contribution in [2.24, 2.45) is 0 Å². The lowest BCUT2D eigenvalue weighted by Crippen LogP contribution is -2.49. The van der Waals surface area contributed by atoms with E-state index in [-0.39, 0.29) is 18.4 Å². The predicted molar refractivity (Wildman–Crippen MR) is 94.8 cm³/mol. The van der Waals surface area contributed by atoms with Crippen molar-refractivity contribution in [1.29, 1.82) is 0 Å². The number of nitrogens with zero attached hydrogens (tertiary/aromatic N) is 2. The van der Waals surface area contributed by atoms with E-state index in [0.29, 0.717) is 24.5 Å². The predicted octanol–water partition coefficient (Wildman–Crippen LogP) is 0.744. The van der Waals surface area contributed by atoms with Gasteiger partial charge >= 0.3 is 0 Å². The third-order valence-electron chi connectivity index (χ3n) is 4.26. The van der Waals surface area contributed by atoms with Crippen molar-refractivity contribution in [2.75, 3.05) is 53.0 Å². The second-order valence-electron chi connectivity index (χ2n) is 5.85. The Bertz CT molecular complexity index is 571. The molecule has 25 heavy (non-hydrogen) atoms. The molecule has 0 radical (unpaired) electrons. The molecule has 1 aromatic rings. The average molecular weight is 349 g/mol. The third kappa shape index (κ3) is 5.94. The van der Waals surface area contributed by atoms with Gasteiger partial charge in [0.25, 0.3) is 5.91 Å². The number of likely N-dealkylation sites (N-methyl/N-ethyl adjacent to an activating group) is 1. The van der Waals surface area contributed by atoms with Gasteiger partial charge in [-0.25, -0.2) is 0 Å². The molecule has 2 amide bonds. The zero-order valence-corrected chi connectivity index (χ0v) is 15.0. The van der Waals surface area contributed by atoms with Crippen molar-refractivity contribution < 1.29 is 19.1 Å². The van der Waals surface area contributed by atoms with Gasteiger partial charge in [-0.15, -0.1) is 0 Å². The fraction of sp³-hybridized carbons (Fsp3) is 0.556. The van der Waals surface area contributed by atoms with Gasteiger partial charge in [-0.05, 0) is 18.7 Å². The SMILES string of the molecule is CCN1CCN(C(=O)CCNC(=O)COc2ccccc2OC)CC1. The smallest absolute Gasteiger partial charge is 0.257 e. The quantitative estimate of drug-likeness (QED) is 0.750. The summed E-state index contributed by atoms with van der Waals surface area (Å²) in [6, 6.07) is 7.15. The molecule has 1 heterocycles. The van der Waals surface area contributed by atoms with Crippen LogP contribution in [0.3, 0.4) is 0 Å². The van der Waals surface area contributed by atoms with Gasteiger partial charge in [-0.2, -0.15) is 0 Å². The van der Waals surface area contributed by atoms with Crippen LogP contribution in [0.1, 0.15) is 13.3 Å². The van der Waals surface area contributed by atoms with Crippen LogP contribution in [-0.4, -0.2) is 74.6 Å². The molecular weight excluding hydrogens is 322 g/mol. The number of rotatable bonds is 8. The first-order valence-corrected chi connectivity index (χ1v) is 8.66. The lowest BCUT2D eigenvalue weighted by Gasteiger charge is -2.34. The Morgan fingerprint density at radius 3 is 2.44 bits per heavy atom. The third-order valence-corrected chi connectivity index (χ3v) is 4.26. The van der Waals surface area contributed by atoms with E-state index in [2.05, 4.69) is 17.1 Å². The van der Waals surface area contributed by atoms with Crippen LogP contribution < -0.4 is 14.8 Å². The highest BCUT2D eigenvalue weighted by molar-refractivity contribution is 5.80. The Morgan fingerprint density at radius 1 is 1.12 bits per heavy atom. The lowest BCUT2D eigenvalue weighted by atomic mass is 10.2. The van der Waals surface area contributed by atoms with E-state index in [9.17, 15) is 9.59 Å². The molecule has 1 N–H and O–H groups in total. The zero-order valence-electron chi connectivity index (χ0n) is 15.0. The molecule has 0 atom stereocenters. The van der Waals surface area contributed by atoms with Gasteiger partial charge in [0, 0.05) is 39.1 Å². The molecule has 0 bridgehead atoms. The number of ether oxygens (including phenoxy) is 2. The maximum Gasteiger partial charge on any atom is 0.257 e. The molecule has 2 rings (SSSR count). The summed E-state index contributed by atoms with van der Waals surface area (Å²) in [6.45, 7) is 6.72. The number of piperazine rings is 1. The summed E-state index contributed by atoms with van der Waals surface area (Å²) in [7, 11) is 1.55. The fourth-order valence-electron chi connectivity index (χ4n) is 2.71. The van der Waals surface area contributed by atoms with E-state index in [1.54, 1.807) is 19.2 Å². The Kier molecular flexibility index (Phi) is 7.53. The molecule has 1 saturated heterocycles. The van der Waals surface area contributed by atoms with E-state index in [4.69, 9.17) is 9.47 Å². The minimum Gasteiger partial charge on any atom is -0.493 e. The maximum atomic E-state index is 12.1. The lowest BCUT2D eigenvalue weighted by molar-refractivity contribution is -0.133. The Hall–Kier alpha value is -2.28. The Balaban J connectivity index is 1.64. The number of amides is 2. The molecular formula is C18H27N3O4. The summed E-state index contributed by atoms with van der Waals surface area (Å²) in [5.74, 6) is 0.929. The first-order valence-electron chi connectivity index (χ1n) is 8.66. The number of nitrogens with one attached hydrogen (secondary N) is 1. The zero-order chi connectivity index (χ0) is 18.1.